The summed E-state index contributed by atoms with van der Waals surface area (Å²) in [5.74, 6) is 0.772. The van der Waals surface area contributed by atoms with Crippen molar-refractivity contribution in [2.24, 2.45) is 10.2 Å². The van der Waals surface area contributed by atoms with Crippen LogP contribution in [0.2, 0.25) is 0 Å². The van der Waals surface area contributed by atoms with Crippen molar-refractivity contribution in [1.29, 1.82) is 0 Å². The van der Waals surface area contributed by atoms with Crippen LogP contribution in [-0.2, 0) is 0 Å². The lowest BCUT2D eigenvalue weighted by molar-refractivity contribution is 0.189. The molecule has 1 N–H and O–H groups in total. The molecule has 1 aliphatic heterocycles. The van der Waals surface area contributed by atoms with Crippen molar-refractivity contribution >= 4 is 23.5 Å². The highest BCUT2D eigenvalue weighted by molar-refractivity contribution is 8.15. The van der Waals surface area contributed by atoms with Crippen LogP contribution in [0.5, 0.6) is 5.75 Å². The first kappa shape index (κ1) is 21.5. The second-order valence-electron chi connectivity index (χ2n) is 8.74. The summed E-state index contributed by atoms with van der Waals surface area (Å²) in [6.45, 7) is 12.6. The lowest BCUT2D eigenvalue weighted by Crippen LogP contribution is -2.58. The standard InChI is InChI=1S/C23H30N4OS/c1-22(2)13-18(14-23(3,4)27-22)29-21(26-24-5)19-10-9-16(12-20(19)28-6)17-8-7-11-25-15-17/h7-12,15,18,27H,5,13-14H2,1-4,6H3/b26-21-. The van der Waals surface area contributed by atoms with Crippen molar-refractivity contribution in [1.82, 2.24) is 10.3 Å². The number of benzene rings is 1. The van der Waals surface area contributed by atoms with Crippen LogP contribution < -0.4 is 10.1 Å². The van der Waals surface area contributed by atoms with E-state index in [0.29, 0.717) is 5.25 Å². The van der Waals surface area contributed by atoms with Gasteiger partial charge in [-0.2, -0.15) is 5.10 Å². The minimum atomic E-state index is 0.0698. The van der Waals surface area contributed by atoms with E-state index in [4.69, 9.17) is 4.74 Å². The fraction of sp³-hybridized carbons (Fsp3) is 0.435. The zero-order valence-corrected chi connectivity index (χ0v) is 18.7. The van der Waals surface area contributed by atoms with Gasteiger partial charge in [0.2, 0.25) is 0 Å². The Bertz CT molecular complexity index is 877. The Labute approximate surface area is 178 Å². The normalized spacial score (nSPS) is 19.0. The maximum atomic E-state index is 5.72. The highest BCUT2D eigenvalue weighted by Gasteiger charge is 2.38. The highest BCUT2D eigenvalue weighted by Crippen LogP contribution is 2.39. The summed E-state index contributed by atoms with van der Waals surface area (Å²) in [4.78, 5) is 4.21. The molecule has 2 aromatic rings. The van der Waals surface area contributed by atoms with Gasteiger partial charge in [-0.1, -0.05) is 12.1 Å². The van der Waals surface area contributed by atoms with E-state index in [1.165, 1.54) is 0 Å². The van der Waals surface area contributed by atoms with Crippen molar-refractivity contribution in [3.05, 3.63) is 48.3 Å². The molecule has 1 aliphatic rings. The van der Waals surface area contributed by atoms with Gasteiger partial charge in [-0.25, -0.2) is 0 Å². The van der Waals surface area contributed by atoms with E-state index in [9.17, 15) is 0 Å². The first-order valence-electron chi connectivity index (χ1n) is 9.81. The zero-order valence-electron chi connectivity index (χ0n) is 17.9. The Balaban J connectivity index is 1.91. The molecule has 1 saturated heterocycles. The molecule has 3 rings (SSSR count). The van der Waals surface area contributed by atoms with E-state index in [-0.39, 0.29) is 11.1 Å². The van der Waals surface area contributed by atoms with Crippen LogP contribution in [0, 0.1) is 0 Å². The highest BCUT2D eigenvalue weighted by atomic mass is 32.2. The number of methoxy groups -OCH3 is 1. The van der Waals surface area contributed by atoms with Gasteiger partial charge in [-0.15, -0.1) is 16.9 Å². The van der Waals surface area contributed by atoms with Gasteiger partial charge in [-0.3, -0.25) is 4.98 Å². The Kier molecular flexibility index (Phi) is 6.44. The molecule has 154 valence electrons. The number of hydrogen-bond donors (Lipinski definition) is 1. The minimum absolute atomic E-state index is 0.0698. The molecule has 1 aromatic carbocycles. The summed E-state index contributed by atoms with van der Waals surface area (Å²) in [6, 6.07) is 10.1. The fourth-order valence-corrected chi connectivity index (χ4v) is 5.97. The van der Waals surface area contributed by atoms with E-state index < -0.39 is 0 Å². The molecule has 0 spiro atoms. The molecule has 1 fully saturated rings. The van der Waals surface area contributed by atoms with E-state index in [0.717, 1.165) is 40.3 Å². The summed E-state index contributed by atoms with van der Waals surface area (Å²) >= 11 is 1.76. The third-order valence-electron chi connectivity index (χ3n) is 5.02. The van der Waals surface area contributed by atoms with Gasteiger partial charge in [0.15, 0.2) is 0 Å². The summed E-state index contributed by atoms with van der Waals surface area (Å²) in [5.41, 5.74) is 3.18. The fourth-order valence-electron chi connectivity index (χ4n) is 4.26. The summed E-state index contributed by atoms with van der Waals surface area (Å²) < 4.78 is 5.72. The van der Waals surface area contributed by atoms with Crippen molar-refractivity contribution in [3.63, 3.8) is 0 Å². The van der Waals surface area contributed by atoms with Crippen molar-refractivity contribution < 1.29 is 4.74 Å². The van der Waals surface area contributed by atoms with Crippen molar-refractivity contribution in [3.8, 4) is 16.9 Å². The number of thioether (sulfide) groups is 1. The Morgan fingerprint density at radius 3 is 2.48 bits per heavy atom. The van der Waals surface area contributed by atoms with Gasteiger partial charge in [0, 0.05) is 41.0 Å². The molecule has 1 aromatic heterocycles. The number of pyridine rings is 1. The number of ether oxygens (including phenoxy) is 1. The topological polar surface area (TPSA) is 58.9 Å². The average Bonchev–Trinajstić information content (AvgIpc) is 2.65. The van der Waals surface area contributed by atoms with Gasteiger partial charge in [0.25, 0.3) is 0 Å². The second kappa shape index (κ2) is 8.67. The van der Waals surface area contributed by atoms with Gasteiger partial charge in [0.1, 0.15) is 10.8 Å². The third-order valence-corrected chi connectivity index (χ3v) is 6.21. The van der Waals surface area contributed by atoms with Gasteiger partial charge >= 0.3 is 0 Å². The molecule has 0 unspecified atom stereocenters. The van der Waals surface area contributed by atoms with Crippen LogP contribution in [-0.4, -0.2) is 40.2 Å². The molecule has 6 heteroatoms. The Morgan fingerprint density at radius 1 is 1.17 bits per heavy atom. The molecular weight excluding hydrogens is 380 g/mol. The number of nitrogens with one attached hydrogen (secondary N) is 1. The maximum Gasteiger partial charge on any atom is 0.130 e. The molecular formula is C23H30N4OS. The average molecular weight is 411 g/mol. The number of hydrogen-bond acceptors (Lipinski definition) is 6. The molecule has 0 saturated carbocycles. The molecule has 0 aliphatic carbocycles. The molecule has 29 heavy (non-hydrogen) atoms. The van der Waals surface area contributed by atoms with Crippen LogP contribution in [0.3, 0.4) is 0 Å². The van der Waals surface area contributed by atoms with Crippen LogP contribution in [0.15, 0.2) is 52.9 Å². The molecule has 5 nitrogen and oxygen atoms in total. The summed E-state index contributed by atoms with van der Waals surface area (Å²) in [6.07, 6.45) is 5.72. The van der Waals surface area contributed by atoms with Crippen LogP contribution >= 0.6 is 11.8 Å². The minimum Gasteiger partial charge on any atom is -0.496 e. The van der Waals surface area contributed by atoms with Crippen molar-refractivity contribution in [2.75, 3.05) is 7.11 Å². The molecule has 0 bridgehead atoms. The largest absolute Gasteiger partial charge is 0.496 e. The van der Waals surface area contributed by atoms with Crippen LogP contribution in [0.4, 0.5) is 0 Å². The smallest absolute Gasteiger partial charge is 0.130 e. The first-order chi connectivity index (χ1) is 13.7. The van der Waals surface area contributed by atoms with Crippen molar-refractivity contribution in [2.45, 2.75) is 56.9 Å². The van der Waals surface area contributed by atoms with Gasteiger partial charge < -0.3 is 10.1 Å². The van der Waals surface area contributed by atoms with E-state index in [1.54, 1.807) is 25.1 Å². The predicted octanol–water partition coefficient (Wildman–Crippen LogP) is 5.16. The second-order valence-corrected chi connectivity index (χ2v) is 10.0. The number of rotatable bonds is 5. The van der Waals surface area contributed by atoms with Crippen LogP contribution in [0.1, 0.15) is 46.1 Å². The monoisotopic (exact) mass is 410 g/mol. The molecule has 0 amide bonds. The first-order valence-corrected chi connectivity index (χ1v) is 10.7. The maximum absolute atomic E-state index is 5.72. The molecule has 2 heterocycles. The molecule has 0 radical (unpaired) electrons. The zero-order chi connectivity index (χ0) is 21.1. The number of nitrogens with zero attached hydrogens (tertiary/aromatic N) is 3. The van der Waals surface area contributed by atoms with Gasteiger partial charge in [0.05, 0.1) is 12.7 Å². The van der Waals surface area contributed by atoms with Crippen LogP contribution in [0.25, 0.3) is 11.1 Å². The van der Waals surface area contributed by atoms with E-state index >= 15 is 0 Å². The summed E-state index contributed by atoms with van der Waals surface area (Å²) in [5, 5.41) is 13.2. The lowest BCUT2D eigenvalue weighted by atomic mass is 9.82. The SMILES string of the molecule is C=N/N=C(\SC1CC(C)(C)NC(C)(C)C1)c1ccc(-c2cccnc2)cc1OC. The number of aromatic nitrogens is 1. The van der Waals surface area contributed by atoms with E-state index in [1.807, 2.05) is 24.4 Å². The van der Waals surface area contributed by atoms with E-state index in [2.05, 4.69) is 67.0 Å². The number of piperidine rings is 1. The summed E-state index contributed by atoms with van der Waals surface area (Å²) in [7, 11) is 1.69. The third kappa shape index (κ3) is 5.46. The lowest BCUT2D eigenvalue weighted by Gasteiger charge is -2.46. The molecule has 0 atom stereocenters. The Morgan fingerprint density at radius 2 is 1.90 bits per heavy atom. The predicted molar refractivity (Wildman–Crippen MR) is 124 cm³/mol. The van der Waals surface area contributed by atoms with Gasteiger partial charge in [-0.05, 0) is 64.3 Å². The Hall–Kier alpha value is -2.18. The quantitative estimate of drug-likeness (QED) is 0.420.